The Balaban J connectivity index is 1.75. The van der Waals surface area contributed by atoms with Gasteiger partial charge in [0.1, 0.15) is 11.6 Å². The molecule has 0 radical (unpaired) electrons. The predicted molar refractivity (Wildman–Crippen MR) is 86.7 cm³/mol. The van der Waals surface area contributed by atoms with Gasteiger partial charge in [-0.15, -0.1) is 0 Å². The van der Waals surface area contributed by atoms with E-state index >= 15 is 0 Å². The van der Waals surface area contributed by atoms with Crippen molar-refractivity contribution in [1.29, 1.82) is 0 Å². The average molecular weight is 321 g/mol. The molecule has 1 aliphatic heterocycles. The molecule has 2 heterocycles. The molecular weight excluding hydrogens is 294 g/mol. The van der Waals surface area contributed by atoms with E-state index < -0.39 is 0 Å². The second-order valence-corrected chi connectivity index (χ2v) is 7.15. The van der Waals surface area contributed by atoms with Crippen LogP contribution in [-0.4, -0.2) is 50.1 Å². The molecule has 1 aliphatic rings. The highest BCUT2D eigenvalue weighted by Gasteiger charge is 2.39. The third kappa shape index (κ3) is 4.30. The van der Waals surface area contributed by atoms with Crippen molar-refractivity contribution in [3.63, 3.8) is 0 Å². The molecule has 1 fully saturated rings. The number of aromatic nitrogens is 3. The molecule has 0 unspecified atom stereocenters. The number of likely N-dealkylation sites (tertiary alicyclic amines) is 1. The lowest BCUT2D eigenvalue weighted by atomic mass is 10.1. The first-order valence-electron chi connectivity index (χ1n) is 8.14. The van der Waals surface area contributed by atoms with Crippen molar-refractivity contribution >= 4 is 11.8 Å². The number of nitrogens with one attached hydrogen (secondary N) is 1. The molecule has 0 saturated carbocycles. The van der Waals surface area contributed by atoms with Crippen LogP contribution in [0.15, 0.2) is 0 Å². The summed E-state index contributed by atoms with van der Waals surface area (Å²) < 4.78 is 1.85. The van der Waals surface area contributed by atoms with Crippen LogP contribution in [0, 0.1) is 19.8 Å². The molecule has 7 nitrogen and oxygen atoms in total. The van der Waals surface area contributed by atoms with Crippen LogP contribution in [0.5, 0.6) is 0 Å². The molecule has 23 heavy (non-hydrogen) atoms. The van der Waals surface area contributed by atoms with E-state index in [0.717, 1.165) is 24.6 Å². The van der Waals surface area contributed by atoms with Crippen molar-refractivity contribution in [3.8, 4) is 0 Å². The first kappa shape index (κ1) is 17.4. The molecule has 0 bridgehead atoms. The van der Waals surface area contributed by atoms with Gasteiger partial charge < -0.3 is 10.2 Å². The van der Waals surface area contributed by atoms with Gasteiger partial charge in [0.25, 0.3) is 0 Å². The van der Waals surface area contributed by atoms with E-state index in [1.165, 1.54) is 0 Å². The fourth-order valence-corrected chi connectivity index (χ4v) is 2.89. The van der Waals surface area contributed by atoms with Gasteiger partial charge in [0, 0.05) is 31.6 Å². The summed E-state index contributed by atoms with van der Waals surface area (Å²) in [6, 6.07) is 0. The number of carbonyl (C=O) groups excluding carboxylic acids is 2. The van der Waals surface area contributed by atoms with Gasteiger partial charge in [-0.05, 0) is 41.0 Å². The van der Waals surface area contributed by atoms with E-state index in [1.54, 1.807) is 4.90 Å². The Morgan fingerprint density at radius 1 is 1.35 bits per heavy atom. The Kier molecular flexibility index (Phi) is 5.06. The number of aryl methyl sites for hydroxylation is 3. The Morgan fingerprint density at radius 2 is 2.04 bits per heavy atom. The zero-order chi connectivity index (χ0) is 17.2. The minimum absolute atomic E-state index is 0.0309. The van der Waals surface area contributed by atoms with Gasteiger partial charge in [-0.25, -0.2) is 4.98 Å². The van der Waals surface area contributed by atoms with Crippen molar-refractivity contribution in [2.24, 2.45) is 5.92 Å². The minimum atomic E-state index is -0.239. The lowest BCUT2D eigenvalue weighted by Gasteiger charge is -2.31. The highest BCUT2D eigenvalue weighted by molar-refractivity contribution is 5.89. The SMILES string of the molecule is Cc1nc(C)n(CCCNC(=O)[C@@H]2CC(=O)N(C(C)(C)C)C2)n1. The molecule has 2 amide bonds. The van der Waals surface area contributed by atoms with Gasteiger partial charge in [0.15, 0.2) is 0 Å². The number of rotatable bonds is 5. The molecule has 128 valence electrons. The summed E-state index contributed by atoms with van der Waals surface area (Å²) in [7, 11) is 0. The number of nitrogens with zero attached hydrogens (tertiary/aromatic N) is 4. The fourth-order valence-electron chi connectivity index (χ4n) is 2.89. The van der Waals surface area contributed by atoms with Gasteiger partial charge in [-0.1, -0.05) is 0 Å². The van der Waals surface area contributed by atoms with Gasteiger partial charge >= 0.3 is 0 Å². The van der Waals surface area contributed by atoms with Crippen LogP contribution < -0.4 is 5.32 Å². The zero-order valence-electron chi connectivity index (χ0n) is 14.7. The van der Waals surface area contributed by atoms with E-state index in [4.69, 9.17) is 0 Å². The largest absolute Gasteiger partial charge is 0.356 e. The Labute approximate surface area is 137 Å². The molecule has 0 aromatic carbocycles. The molecule has 7 heteroatoms. The van der Waals surface area contributed by atoms with Crippen molar-refractivity contribution in [2.75, 3.05) is 13.1 Å². The van der Waals surface area contributed by atoms with Crippen LogP contribution in [0.3, 0.4) is 0 Å². The maximum Gasteiger partial charge on any atom is 0.225 e. The maximum absolute atomic E-state index is 12.2. The van der Waals surface area contributed by atoms with Crippen LogP contribution in [0.25, 0.3) is 0 Å². The van der Waals surface area contributed by atoms with Gasteiger partial charge in [0.05, 0.1) is 5.92 Å². The Hall–Kier alpha value is -1.92. The highest BCUT2D eigenvalue weighted by Crippen LogP contribution is 2.25. The molecule has 1 N–H and O–H groups in total. The summed E-state index contributed by atoms with van der Waals surface area (Å²) in [6.45, 7) is 11.6. The van der Waals surface area contributed by atoms with Crippen LogP contribution in [-0.2, 0) is 16.1 Å². The molecule has 1 aromatic heterocycles. The average Bonchev–Trinajstić information content (AvgIpc) is 2.97. The lowest BCUT2D eigenvalue weighted by Crippen LogP contribution is -2.43. The van der Waals surface area contributed by atoms with Gasteiger partial charge in [0.2, 0.25) is 11.8 Å². The topological polar surface area (TPSA) is 80.1 Å². The predicted octanol–water partition coefficient (Wildman–Crippen LogP) is 1.05. The quantitative estimate of drug-likeness (QED) is 0.822. The van der Waals surface area contributed by atoms with Gasteiger partial charge in [-0.2, -0.15) is 5.10 Å². The van der Waals surface area contributed by atoms with E-state index in [9.17, 15) is 9.59 Å². The number of amides is 2. The summed E-state index contributed by atoms with van der Waals surface area (Å²) in [4.78, 5) is 30.3. The standard InChI is InChI=1S/C16H27N5O2/c1-11-18-12(2)21(19-11)8-6-7-17-15(23)13-9-14(22)20(10-13)16(3,4)5/h13H,6-10H2,1-5H3,(H,17,23)/t13-/m1/s1. The van der Waals surface area contributed by atoms with E-state index in [1.807, 2.05) is 39.3 Å². The number of carbonyl (C=O) groups is 2. The number of hydrogen-bond donors (Lipinski definition) is 1. The normalized spacial score (nSPS) is 18.6. The van der Waals surface area contributed by atoms with Crippen LogP contribution >= 0.6 is 0 Å². The van der Waals surface area contributed by atoms with Crippen molar-refractivity contribution in [2.45, 2.75) is 59.5 Å². The first-order chi connectivity index (χ1) is 10.7. The summed E-state index contributed by atoms with van der Waals surface area (Å²) in [5.41, 5.74) is -0.228. The second kappa shape index (κ2) is 6.68. The minimum Gasteiger partial charge on any atom is -0.356 e. The van der Waals surface area contributed by atoms with Crippen molar-refractivity contribution < 1.29 is 9.59 Å². The van der Waals surface area contributed by atoms with Crippen LogP contribution in [0.4, 0.5) is 0 Å². The molecule has 0 spiro atoms. The fraction of sp³-hybridized carbons (Fsp3) is 0.750. The van der Waals surface area contributed by atoms with E-state index in [-0.39, 0.29) is 23.3 Å². The zero-order valence-corrected chi connectivity index (χ0v) is 14.7. The molecule has 0 aliphatic carbocycles. The molecular formula is C16H27N5O2. The van der Waals surface area contributed by atoms with Crippen molar-refractivity contribution in [3.05, 3.63) is 11.6 Å². The van der Waals surface area contributed by atoms with Crippen LogP contribution in [0.2, 0.25) is 0 Å². The lowest BCUT2D eigenvalue weighted by molar-refractivity contribution is -0.132. The van der Waals surface area contributed by atoms with Crippen LogP contribution in [0.1, 0.15) is 45.3 Å². The monoisotopic (exact) mass is 321 g/mol. The summed E-state index contributed by atoms with van der Waals surface area (Å²) >= 11 is 0. The molecule has 1 aromatic rings. The van der Waals surface area contributed by atoms with E-state index in [2.05, 4.69) is 15.4 Å². The summed E-state index contributed by atoms with van der Waals surface area (Å²) in [5, 5.41) is 7.23. The van der Waals surface area contributed by atoms with Gasteiger partial charge in [-0.3, -0.25) is 14.3 Å². The third-order valence-corrected chi connectivity index (χ3v) is 4.11. The summed E-state index contributed by atoms with van der Waals surface area (Å²) in [5.74, 6) is 1.44. The molecule has 1 atom stereocenters. The Morgan fingerprint density at radius 3 is 2.57 bits per heavy atom. The third-order valence-electron chi connectivity index (χ3n) is 4.11. The highest BCUT2D eigenvalue weighted by atomic mass is 16.2. The number of hydrogen-bond acceptors (Lipinski definition) is 4. The van der Waals surface area contributed by atoms with Crippen molar-refractivity contribution in [1.82, 2.24) is 25.0 Å². The molecule has 2 rings (SSSR count). The Bertz CT molecular complexity index is 588. The van der Waals surface area contributed by atoms with E-state index in [0.29, 0.717) is 19.5 Å². The summed E-state index contributed by atoms with van der Waals surface area (Å²) in [6.07, 6.45) is 1.10. The maximum atomic E-state index is 12.2. The first-order valence-corrected chi connectivity index (χ1v) is 8.14. The second-order valence-electron chi connectivity index (χ2n) is 7.15. The smallest absolute Gasteiger partial charge is 0.225 e. The molecule has 1 saturated heterocycles.